The Kier molecular flexibility index (Phi) is 5.95. The van der Waals surface area contributed by atoms with Crippen molar-refractivity contribution in [1.29, 1.82) is 0 Å². The molecule has 0 radical (unpaired) electrons. The molecule has 0 spiro atoms. The SMILES string of the molecule is C[Si](C)(C)CCOCn1ccc(NC(=O)Oc2ccccc2)n1. The molecule has 1 aromatic heterocycles. The van der Waals surface area contributed by atoms with Crippen LogP contribution in [0, 0.1) is 0 Å². The van der Waals surface area contributed by atoms with Crippen molar-refractivity contribution in [2.45, 2.75) is 32.4 Å². The van der Waals surface area contributed by atoms with Gasteiger partial charge >= 0.3 is 6.09 Å². The summed E-state index contributed by atoms with van der Waals surface area (Å²) in [5, 5.41) is 6.80. The molecule has 0 atom stereocenters. The van der Waals surface area contributed by atoms with Crippen LogP contribution in [0.15, 0.2) is 42.6 Å². The minimum Gasteiger partial charge on any atom is -0.410 e. The van der Waals surface area contributed by atoms with E-state index in [4.69, 9.17) is 9.47 Å². The number of nitrogens with zero attached hydrogens (tertiary/aromatic N) is 2. The molecule has 0 saturated heterocycles. The van der Waals surface area contributed by atoms with Gasteiger partial charge in [0.2, 0.25) is 0 Å². The molecule has 0 saturated carbocycles. The molecule has 23 heavy (non-hydrogen) atoms. The maximum absolute atomic E-state index is 11.8. The van der Waals surface area contributed by atoms with Crippen molar-refractivity contribution >= 4 is 20.0 Å². The Hall–Kier alpha value is -2.12. The molecule has 0 unspecified atom stereocenters. The summed E-state index contributed by atoms with van der Waals surface area (Å²) >= 11 is 0. The molecule has 1 heterocycles. The average molecular weight is 333 g/mol. The van der Waals surface area contributed by atoms with Gasteiger partial charge in [0.15, 0.2) is 5.82 Å². The second-order valence-corrected chi connectivity index (χ2v) is 12.0. The van der Waals surface area contributed by atoms with Crippen LogP contribution in [0.4, 0.5) is 10.6 Å². The van der Waals surface area contributed by atoms with E-state index in [-0.39, 0.29) is 0 Å². The summed E-state index contributed by atoms with van der Waals surface area (Å²) in [5.41, 5.74) is 0. The molecule has 124 valence electrons. The zero-order valence-corrected chi connectivity index (χ0v) is 14.8. The summed E-state index contributed by atoms with van der Waals surface area (Å²) in [6, 6.07) is 11.7. The molecule has 0 aliphatic heterocycles. The lowest BCUT2D eigenvalue weighted by Crippen LogP contribution is -2.22. The molecule has 0 fully saturated rings. The van der Waals surface area contributed by atoms with E-state index in [1.165, 1.54) is 0 Å². The third kappa shape index (κ3) is 6.66. The van der Waals surface area contributed by atoms with E-state index in [1.807, 2.05) is 6.07 Å². The highest BCUT2D eigenvalue weighted by molar-refractivity contribution is 6.76. The lowest BCUT2D eigenvalue weighted by Gasteiger charge is -2.15. The normalized spacial score (nSPS) is 11.3. The Morgan fingerprint density at radius 1 is 1.22 bits per heavy atom. The van der Waals surface area contributed by atoms with Crippen LogP contribution in [0.5, 0.6) is 5.75 Å². The molecule has 0 bridgehead atoms. The lowest BCUT2D eigenvalue weighted by molar-refractivity contribution is 0.0787. The van der Waals surface area contributed by atoms with Gasteiger partial charge in [-0.05, 0) is 18.2 Å². The number of ether oxygens (including phenoxy) is 2. The minimum atomic E-state index is -1.08. The van der Waals surface area contributed by atoms with Gasteiger partial charge in [-0.25, -0.2) is 9.48 Å². The van der Waals surface area contributed by atoms with Crippen LogP contribution in [0.3, 0.4) is 0 Å². The molecule has 2 aromatic rings. The Balaban J connectivity index is 1.75. The third-order valence-electron chi connectivity index (χ3n) is 3.04. The number of nitrogens with one attached hydrogen (secondary N) is 1. The van der Waals surface area contributed by atoms with Gasteiger partial charge in [-0.15, -0.1) is 0 Å². The summed E-state index contributed by atoms with van der Waals surface area (Å²) in [6.45, 7) is 8.04. The fourth-order valence-corrected chi connectivity index (χ4v) is 2.52. The van der Waals surface area contributed by atoms with Crippen LogP contribution in [-0.2, 0) is 11.5 Å². The topological polar surface area (TPSA) is 65.4 Å². The maximum Gasteiger partial charge on any atom is 0.418 e. The molecule has 7 heteroatoms. The summed E-state index contributed by atoms with van der Waals surface area (Å²) in [7, 11) is -1.08. The first-order valence-electron chi connectivity index (χ1n) is 7.57. The molecule has 1 amide bonds. The number of aromatic nitrogens is 2. The largest absolute Gasteiger partial charge is 0.418 e. The first-order chi connectivity index (χ1) is 10.9. The Bertz CT molecular complexity index is 623. The van der Waals surface area contributed by atoms with Crippen LogP contribution >= 0.6 is 0 Å². The van der Waals surface area contributed by atoms with E-state index in [2.05, 4.69) is 30.1 Å². The molecule has 2 rings (SSSR count). The van der Waals surface area contributed by atoms with Crippen LogP contribution < -0.4 is 10.1 Å². The molecule has 0 aliphatic rings. The first-order valence-corrected chi connectivity index (χ1v) is 11.3. The highest BCUT2D eigenvalue weighted by atomic mass is 28.3. The fourth-order valence-electron chi connectivity index (χ4n) is 1.76. The molecule has 1 N–H and O–H groups in total. The van der Waals surface area contributed by atoms with E-state index in [0.717, 1.165) is 12.7 Å². The molecular formula is C16H23N3O3Si. The predicted octanol–water partition coefficient (Wildman–Crippen LogP) is 3.81. The molecule has 6 nitrogen and oxygen atoms in total. The van der Waals surface area contributed by atoms with Crippen molar-refractivity contribution < 1.29 is 14.3 Å². The summed E-state index contributed by atoms with van der Waals surface area (Å²) in [4.78, 5) is 11.8. The van der Waals surface area contributed by atoms with Gasteiger partial charge < -0.3 is 9.47 Å². The van der Waals surface area contributed by atoms with Crippen molar-refractivity contribution in [2.75, 3.05) is 11.9 Å². The first kappa shape index (κ1) is 17.2. The summed E-state index contributed by atoms with van der Waals surface area (Å²) < 4.78 is 12.4. The van der Waals surface area contributed by atoms with Crippen LogP contribution in [0.25, 0.3) is 0 Å². The Labute approximate surface area is 137 Å². The Morgan fingerprint density at radius 2 is 1.96 bits per heavy atom. The predicted molar refractivity (Wildman–Crippen MR) is 92.4 cm³/mol. The maximum atomic E-state index is 11.8. The van der Waals surface area contributed by atoms with Gasteiger partial charge in [0.05, 0.1) is 0 Å². The number of carbonyl (C=O) groups is 1. The lowest BCUT2D eigenvalue weighted by atomic mass is 10.3. The fraction of sp³-hybridized carbons (Fsp3) is 0.375. The van der Waals surface area contributed by atoms with Crippen LogP contribution in [0.2, 0.25) is 25.7 Å². The summed E-state index contributed by atoms with van der Waals surface area (Å²) in [6.07, 6.45) is 1.19. The van der Waals surface area contributed by atoms with Gasteiger partial charge in [-0.2, -0.15) is 5.10 Å². The van der Waals surface area contributed by atoms with E-state index in [0.29, 0.717) is 18.3 Å². The van der Waals surface area contributed by atoms with Gasteiger partial charge in [-0.1, -0.05) is 37.8 Å². The standard InChI is InChI=1S/C16H23N3O3Si/c1-23(2,3)12-11-21-13-19-10-9-15(18-19)17-16(20)22-14-7-5-4-6-8-14/h4-10H,11-13H2,1-3H3,(H,17,18,20). The number of anilines is 1. The van der Waals surface area contributed by atoms with E-state index >= 15 is 0 Å². The number of benzene rings is 1. The van der Waals surface area contributed by atoms with Gasteiger partial charge in [0.1, 0.15) is 12.5 Å². The molecule has 1 aromatic carbocycles. The van der Waals surface area contributed by atoms with E-state index in [9.17, 15) is 4.79 Å². The smallest absolute Gasteiger partial charge is 0.410 e. The monoisotopic (exact) mass is 333 g/mol. The highest BCUT2D eigenvalue weighted by Gasteiger charge is 2.12. The second-order valence-electron chi connectivity index (χ2n) is 6.42. The molecule has 0 aliphatic carbocycles. The van der Waals surface area contributed by atoms with Crippen LogP contribution in [0.1, 0.15) is 0 Å². The number of para-hydroxylation sites is 1. The minimum absolute atomic E-state index is 0.375. The van der Waals surface area contributed by atoms with Gasteiger partial charge in [-0.3, -0.25) is 5.32 Å². The van der Waals surface area contributed by atoms with E-state index < -0.39 is 14.2 Å². The van der Waals surface area contributed by atoms with Crippen molar-refractivity contribution in [3.63, 3.8) is 0 Å². The number of carbonyl (C=O) groups excluding carboxylic acids is 1. The second kappa shape index (κ2) is 7.93. The van der Waals surface area contributed by atoms with Gasteiger partial charge in [0, 0.05) is 26.9 Å². The zero-order valence-electron chi connectivity index (χ0n) is 13.8. The summed E-state index contributed by atoms with van der Waals surface area (Å²) in [5.74, 6) is 0.916. The number of hydrogen-bond acceptors (Lipinski definition) is 4. The zero-order chi connectivity index (χ0) is 16.7. The van der Waals surface area contributed by atoms with Gasteiger partial charge in [0.25, 0.3) is 0 Å². The quantitative estimate of drug-likeness (QED) is 0.618. The number of hydrogen-bond donors (Lipinski definition) is 1. The third-order valence-corrected chi connectivity index (χ3v) is 4.75. The van der Waals surface area contributed by atoms with Crippen molar-refractivity contribution in [3.05, 3.63) is 42.6 Å². The highest BCUT2D eigenvalue weighted by Crippen LogP contribution is 2.11. The van der Waals surface area contributed by atoms with Crippen molar-refractivity contribution in [3.8, 4) is 5.75 Å². The Morgan fingerprint density at radius 3 is 2.65 bits per heavy atom. The average Bonchev–Trinajstić information content (AvgIpc) is 2.91. The van der Waals surface area contributed by atoms with E-state index in [1.54, 1.807) is 41.2 Å². The van der Waals surface area contributed by atoms with Crippen molar-refractivity contribution in [1.82, 2.24) is 9.78 Å². The van der Waals surface area contributed by atoms with Crippen molar-refractivity contribution in [2.24, 2.45) is 0 Å². The molecular weight excluding hydrogens is 310 g/mol. The number of rotatable bonds is 7. The van der Waals surface area contributed by atoms with Crippen LogP contribution in [-0.4, -0.2) is 30.6 Å². The number of amides is 1.